The minimum Gasteiger partial charge on any atom is -0.382 e. The number of aromatic nitrogens is 2. The first kappa shape index (κ1) is 11.6. The fourth-order valence-corrected chi connectivity index (χ4v) is 1.82. The van der Waals surface area contributed by atoms with Crippen molar-refractivity contribution in [3.63, 3.8) is 0 Å². The van der Waals surface area contributed by atoms with Crippen molar-refractivity contribution in [1.29, 1.82) is 0 Å². The molecule has 92 valence electrons. The summed E-state index contributed by atoms with van der Waals surface area (Å²) in [5.41, 5.74) is 5.18. The fraction of sp³-hybridized carbons (Fsp3) is 0.545. The summed E-state index contributed by atoms with van der Waals surface area (Å²) in [5, 5.41) is 3.84. The van der Waals surface area contributed by atoms with E-state index in [0.29, 0.717) is 12.6 Å². The molecule has 0 atom stereocenters. The molecule has 0 saturated heterocycles. The lowest BCUT2D eigenvalue weighted by Gasteiger charge is -2.20. The van der Waals surface area contributed by atoms with Crippen LogP contribution in [0.1, 0.15) is 19.8 Å². The van der Waals surface area contributed by atoms with E-state index >= 15 is 0 Å². The molecule has 1 aromatic heterocycles. The van der Waals surface area contributed by atoms with Gasteiger partial charge in [0.15, 0.2) is 0 Å². The number of anilines is 1. The van der Waals surface area contributed by atoms with Crippen LogP contribution in [-0.4, -0.2) is 33.2 Å². The third-order valence-electron chi connectivity index (χ3n) is 2.82. The summed E-state index contributed by atoms with van der Waals surface area (Å²) in [6.45, 7) is 2.57. The van der Waals surface area contributed by atoms with Crippen molar-refractivity contribution in [2.45, 2.75) is 32.4 Å². The Kier molecular flexibility index (Phi) is 3.12. The summed E-state index contributed by atoms with van der Waals surface area (Å²) in [6, 6.07) is 3.11. The highest BCUT2D eigenvalue weighted by Crippen LogP contribution is 2.26. The van der Waals surface area contributed by atoms with E-state index in [1.807, 2.05) is 6.92 Å². The van der Waals surface area contributed by atoms with Crippen LogP contribution >= 0.6 is 0 Å². The molecule has 0 radical (unpaired) electrons. The monoisotopic (exact) mass is 236 g/mol. The van der Waals surface area contributed by atoms with Gasteiger partial charge in [-0.1, -0.05) is 0 Å². The van der Waals surface area contributed by atoms with E-state index in [1.165, 1.54) is 12.1 Å². The van der Waals surface area contributed by atoms with Gasteiger partial charge >= 0.3 is 0 Å². The molecule has 0 bridgehead atoms. The van der Waals surface area contributed by atoms with Crippen LogP contribution in [0.5, 0.6) is 0 Å². The Bertz CT molecular complexity index is 479. The van der Waals surface area contributed by atoms with E-state index in [0.717, 1.165) is 17.5 Å². The topological polar surface area (TPSA) is 81.2 Å². The van der Waals surface area contributed by atoms with E-state index in [4.69, 9.17) is 5.73 Å². The molecular formula is C11H16N4O2. The van der Waals surface area contributed by atoms with Crippen molar-refractivity contribution in [3.05, 3.63) is 22.5 Å². The predicted octanol–water partition coefficient (Wildman–Crippen LogP) is -0.164. The first-order valence-electron chi connectivity index (χ1n) is 5.75. The Labute approximate surface area is 99.0 Å². The largest absolute Gasteiger partial charge is 0.382 e. The number of carbonyl (C=O) groups excluding carboxylic acids is 1. The molecule has 1 fully saturated rings. The molecule has 6 nitrogen and oxygen atoms in total. The zero-order valence-corrected chi connectivity index (χ0v) is 9.80. The Morgan fingerprint density at radius 1 is 1.59 bits per heavy atom. The van der Waals surface area contributed by atoms with Gasteiger partial charge in [-0.15, -0.1) is 0 Å². The minimum absolute atomic E-state index is 0.0335. The Hall–Kier alpha value is -1.85. The highest BCUT2D eigenvalue weighted by molar-refractivity contribution is 5.76. The van der Waals surface area contributed by atoms with Gasteiger partial charge in [-0.25, -0.2) is 4.68 Å². The number of nitrogen functional groups attached to an aromatic ring is 1. The number of amides is 1. The first-order valence-corrected chi connectivity index (χ1v) is 5.75. The van der Waals surface area contributed by atoms with Crippen molar-refractivity contribution in [2.75, 3.05) is 12.3 Å². The van der Waals surface area contributed by atoms with Crippen molar-refractivity contribution < 1.29 is 4.79 Å². The van der Waals surface area contributed by atoms with E-state index in [9.17, 15) is 9.59 Å². The van der Waals surface area contributed by atoms with Gasteiger partial charge in [0.2, 0.25) is 5.91 Å². The number of likely N-dealkylation sites (N-methyl/N-ethyl adjacent to an activating group) is 1. The lowest BCUT2D eigenvalue weighted by molar-refractivity contribution is -0.132. The van der Waals surface area contributed by atoms with Gasteiger partial charge in [-0.3, -0.25) is 9.59 Å². The summed E-state index contributed by atoms with van der Waals surface area (Å²) in [6.07, 6.45) is 2.11. The van der Waals surface area contributed by atoms with Gasteiger partial charge in [-0.05, 0) is 25.8 Å². The second-order valence-electron chi connectivity index (χ2n) is 4.17. The maximum atomic E-state index is 12.0. The number of rotatable bonds is 4. The predicted molar refractivity (Wildman–Crippen MR) is 63.3 cm³/mol. The van der Waals surface area contributed by atoms with Gasteiger partial charge in [0, 0.05) is 18.7 Å². The zero-order valence-electron chi connectivity index (χ0n) is 9.80. The van der Waals surface area contributed by atoms with Gasteiger partial charge in [0.25, 0.3) is 5.56 Å². The molecule has 17 heavy (non-hydrogen) atoms. The molecule has 2 N–H and O–H groups in total. The van der Waals surface area contributed by atoms with Crippen LogP contribution < -0.4 is 11.3 Å². The molecule has 6 heteroatoms. The Morgan fingerprint density at radius 3 is 2.88 bits per heavy atom. The Balaban J connectivity index is 2.11. The number of nitrogens with two attached hydrogens (primary N) is 1. The average Bonchev–Trinajstić information content (AvgIpc) is 3.09. The smallest absolute Gasteiger partial charge is 0.267 e. The summed E-state index contributed by atoms with van der Waals surface area (Å²) < 4.78 is 1.11. The third-order valence-corrected chi connectivity index (χ3v) is 2.82. The van der Waals surface area contributed by atoms with Crippen LogP contribution in [-0.2, 0) is 11.3 Å². The second kappa shape index (κ2) is 4.57. The molecule has 0 aliphatic heterocycles. The quantitative estimate of drug-likeness (QED) is 0.787. The Morgan fingerprint density at radius 2 is 2.29 bits per heavy atom. The number of hydrogen-bond donors (Lipinski definition) is 1. The minimum atomic E-state index is -0.306. The summed E-state index contributed by atoms with van der Waals surface area (Å²) in [7, 11) is 0. The number of carbonyl (C=O) groups is 1. The highest BCUT2D eigenvalue weighted by Gasteiger charge is 2.31. The van der Waals surface area contributed by atoms with E-state index in [-0.39, 0.29) is 23.8 Å². The molecule has 0 unspecified atom stereocenters. The first-order chi connectivity index (χ1) is 8.11. The molecule has 1 aromatic rings. The third kappa shape index (κ3) is 2.64. The van der Waals surface area contributed by atoms with Crippen molar-refractivity contribution in [3.8, 4) is 0 Å². The van der Waals surface area contributed by atoms with Crippen LogP contribution in [0.2, 0.25) is 0 Å². The maximum Gasteiger partial charge on any atom is 0.267 e. The second-order valence-corrected chi connectivity index (χ2v) is 4.17. The van der Waals surface area contributed by atoms with Crippen LogP contribution in [0.15, 0.2) is 16.9 Å². The van der Waals surface area contributed by atoms with Gasteiger partial charge in [-0.2, -0.15) is 5.10 Å². The van der Waals surface area contributed by atoms with E-state index in [1.54, 1.807) is 4.90 Å². The van der Waals surface area contributed by atoms with Gasteiger partial charge < -0.3 is 10.6 Å². The lowest BCUT2D eigenvalue weighted by Crippen LogP contribution is -2.38. The SMILES string of the molecule is CCN(C(=O)Cn1nc(N)ccc1=O)C1CC1. The molecule has 1 aliphatic carbocycles. The van der Waals surface area contributed by atoms with E-state index in [2.05, 4.69) is 5.10 Å². The van der Waals surface area contributed by atoms with Crippen LogP contribution in [0.4, 0.5) is 5.82 Å². The number of hydrogen-bond acceptors (Lipinski definition) is 4. The van der Waals surface area contributed by atoms with Crippen LogP contribution in [0.3, 0.4) is 0 Å². The fourth-order valence-electron chi connectivity index (χ4n) is 1.82. The summed E-state index contributed by atoms with van der Waals surface area (Å²) in [5.74, 6) is 0.169. The molecule has 1 saturated carbocycles. The molecule has 1 aliphatic rings. The molecule has 0 aromatic carbocycles. The normalized spacial score (nSPS) is 14.6. The molecule has 1 heterocycles. The highest BCUT2D eigenvalue weighted by atomic mass is 16.2. The van der Waals surface area contributed by atoms with E-state index < -0.39 is 0 Å². The number of nitrogens with zero attached hydrogens (tertiary/aromatic N) is 3. The summed E-state index contributed by atoms with van der Waals surface area (Å²) >= 11 is 0. The molecule has 0 spiro atoms. The standard InChI is InChI=1S/C11H16N4O2/c1-2-14(8-3-4-8)11(17)7-15-10(16)6-5-9(12)13-15/h5-6,8H,2-4,7H2,1H3,(H2,12,13). The molecule has 1 amide bonds. The van der Waals surface area contributed by atoms with Gasteiger partial charge in [0.05, 0.1) is 0 Å². The van der Waals surface area contributed by atoms with Crippen LogP contribution in [0, 0.1) is 0 Å². The molecule has 2 rings (SSSR count). The van der Waals surface area contributed by atoms with Crippen molar-refractivity contribution in [1.82, 2.24) is 14.7 Å². The van der Waals surface area contributed by atoms with Crippen LogP contribution in [0.25, 0.3) is 0 Å². The van der Waals surface area contributed by atoms with Crippen molar-refractivity contribution in [2.24, 2.45) is 0 Å². The van der Waals surface area contributed by atoms with Gasteiger partial charge in [0.1, 0.15) is 12.4 Å². The van der Waals surface area contributed by atoms with Crippen molar-refractivity contribution >= 4 is 11.7 Å². The summed E-state index contributed by atoms with van der Waals surface area (Å²) in [4.78, 5) is 25.2. The average molecular weight is 236 g/mol. The molecular weight excluding hydrogens is 220 g/mol. The lowest BCUT2D eigenvalue weighted by atomic mass is 10.4. The zero-order chi connectivity index (χ0) is 12.4. The maximum absolute atomic E-state index is 12.0.